The molecule has 2 fully saturated rings. The number of hydrogen-bond acceptors (Lipinski definition) is 3. The number of nitrogens with zero attached hydrogens (tertiary/aromatic N) is 2. The average Bonchev–Trinajstić information content (AvgIpc) is 2.55. The summed E-state index contributed by atoms with van der Waals surface area (Å²) in [6.07, 6.45) is 3.37. The summed E-state index contributed by atoms with van der Waals surface area (Å²) in [6.45, 7) is 4.62. The van der Waals surface area contributed by atoms with Crippen molar-refractivity contribution in [2.45, 2.75) is 43.4 Å². The summed E-state index contributed by atoms with van der Waals surface area (Å²) in [5, 5.41) is 10.2. The minimum Gasteiger partial charge on any atom is -0.297 e. The Morgan fingerprint density at radius 3 is 2.76 bits per heavy atom. The van der Waals surface area contributed by atoms with Crippen LogP contribution in [0.15, 0.2) is 30.3 Å². The van der Waals surface area contributed by atoms with E-state index in [1.807, 2.05) is 0 Å². The molecule has 112 valence electrons. The van der Waals surface area contributed by atoms with Crippen LogP contribution in [0.2, 0.25) is 0 Å². The van der Waals surface area contributed by atoms with Gasteiger partial charge in [-0.05, 0) is 30.7 Å². The van der Waals surface area contributed by atoms with E-state index in [-0.39, 0.29) is 5.92 Å². The Morgan fingerprint density at radius 1 is 1.24 bits per heavy atom. The van der Waals surface area contributed by atoms with Crippen LogP contribution in [0.1, 0.15) is 37.7 Å². The zero-order chi connectivity index (χ0) is 14.7. The Kier molecular flexibility index (Phi) is 4.87. The fourth-order valence-electron chi connectivity index (χ4n) is 3.88. The van der Waals surface area contributed by atoms with Crippen molar-refractivity contribution in [2.24, 2.45) is 5.92 Å². The second-order valence-electron chi connectivity index (χ2n) is 6.40. The van der Waals surface area contributed by atoms with Gasteiger partial charge in [0.1, 0.15) is 0 Å². The molecule has 0 bridgehead atoms. The molecule has 1 aliphatic carbocycles. The van der Waals surface area contributed by atoms with Crippen molar-refractivity contribution in [3.63, 3.8) is 0 Å². The lowest BCUT2D eigenvalue weighted by Crippen LogP contribution is -2.49. The number of thioether (sulfide) groups is 1. The summed E-state index contributed by atoms with van der Waals surface area (Å²) in [6, 6.07) is 13.9. The van der Waals surface area contributed by atoms with Gasteiger partial charge in [-0.15, -0.1) is 0 Å². The van der Waals surface area contributed by atoms with Crippen LogP contribution >= 0.6 is 11.8 Å². The lowest BCUT2D eigenvalue weighted by molar-refractivity contribution is 0.122. The third-order valence-corrected chi connectivity index (χ3v) is 6.13. The molecule has 1 heterocycles. The monoisotopic (exact) mass is 300 g/mol. The molecule has 1 saturated carbocycles. The summed E-state index contributed by atoms with van der Waals surface area (Å²) in [7, 11) is 0. The van der Waals surface area contributed by atoms with E-state index in [1.54, 1.807) is 0 Å². The van der Waals surface area contributed by atoms with Crippen molar-refractivity contribution in [2.75, 3.05) is 18.8 Å². The van der Waals surface area contributed by atoms with Gasteiger partial charge in [0.05, 0.1) is 12.0 Å². The molecule has 4 atom stereocenters. The maximum Gasteiger partial charge on any atom is 0.0672 e. The van der Waals surface area contributed by atoms with Crippen molar-refractivity contribution < 1.29 is 0 Å². The average molecular weight is 300 g/mol. The highest BCUT2D eigenvalue weighted by Gasteiger charge is 2.36. The summed E-state index contributed by atoms with van der Waals surface area (Å²) in [4.78, 5) is 2.60. The van der Waals surface area contributed by atoms with Gasteiger partial charge < -0.3 is 0 Å². The lowest BCUT2D eigenvalue weighted by Gasteiger charge is -2.43. The molecule has 0 N–H and O–H groups in total. The highest BCUT2D eigenvalue weighted by molar-refractivity contribution is 7.99. The van der Waals surface area contributed by atoms with E-state index in [9.17, 15) is 5.26 Å². The first-order chi connectivity index (χ1) is 10.3. The predicted molar refractivity (Wildman–Crippen MR) is 89.4 cm³/mol. The molecule has 2 nitrogen and oxygen atoms in total. The predicted octanol–water partition coefficient (Wildman–Crippen LogP) is 3.90. The van der Waals surface area contributed by atoms with E-state index in [2.05, 4.69) is 60.0 Å². The van der Waals surface area contributed by atoms with E-state index in [0.717, 1.165) is 32.4 Å². The minimum atomic E-state index is 0.222. The van der Waals surface area contributed by atoms with Gasteiger partial charge in [-0.3, -0.25) is 4.90 Å². The first-order valence-electron chi connectivity index (χ1n) is 8.08. The molecule has 0 radical (unpaired) electrons. The number of hydrogen-bond donors (Lipinski definition) is 0. The van der Waals surface area contributed by atoms with E-state index < -0.39 is 0 Å². The molecule has 0 amide bonds. The van der Waals surface area contributed by atoms with E-state index in [0.29, 0.717) is 17.2 Å². The quantitative estimate of drug-likeness (QED) is 0.829. The lowest BCUT2D eigenvalue weighted by atomic mass is 9.75. The molecule has 1 aliphatic heterocycles. The maximum atomic E-state index is 9.53. The smallest absolute Gasteiger partial charge is 0.0672 e. The molecule has 3 heteroatoms. The molecule has 1 saturated heterocycles. The van der Waals surface area contributed by atoms with Crippen molar-refractivity contribution >= 4 is 11.8 Å². The number of benzene rings is 1. The molecule has 1 aromatic carbocycles. The van der Waals surface area contributed by atoms with Crippen molar-refractivity contribution in [3.05, 3.63) is 35.9 Å². The second kappa shape index (κ2) is 6.85. The zero-order valence-electron chi connectivity index (χ0n) is 12.7. The Balaban J connectivity index is 1.74. The zero-order valence-corrected chi connectivity index (χ0v) is 13.6. The summed E-state index contributed by atoms with van der Waals surface area (Å²) < 4.78 is 0. The van der Waals surface area contributed by atoms with Crippen LogP contribution in [0.4, 0.5) is 0 Å². The Morgan fingerprint density at radius 2 is 2.05 bits per heavy atom. The van der Waals surface area contributed by atoms with Crippen molar-refractivity contribution in [1.29, 1.82) is 5.26 Å². The highest BCUT2D eigenvalue weighted by Crippen LogP contribution is 2.39. The van der Waals surface area contributed by atoms with Gasteiger partial charge in [0, 0.05) is 30.1 Å². The van der Waals surface area contributed by atoms with Gasteiger partial charge in [0.25, 0.3) is 0 Å². The first kappa shape index (κ1) is 14.9. The van der Waals surface area contributed by atoms with Crippen LogP contribution in [0.3, 0.4) is 0 Å². The van der Waals surface area contributed by atoms with Crippen LogP contribution in [-0.2, 0) is 0 Å². The largest absolute Gasteiger partial charge is 0.297 e. The van der Waals surface area contributed by atoms with Crippen LogP contribution in [0.5, 0.6) is 0 Å². The summed E-state index contributed by atoms with van der Waals surface area (Å²) in [5.74, 6) is 2.07. The standard InChI is InChI=1S/C18H24N2S/c1-14-13-20(9-10-21-14)18-11-16(7-8-17(18)12-19)15-5-3-2-4-6-15/h2-6,14,16-18H,7-11,13H2,1H3. The Labute approximate surface area is 132 Å². The minimum absolute atomic E-state index is 0.222. The molecular formula is C18H24N2S. The van der Waals surface area contributed by atoms with Gasteiger partial charge >= 0.3 is 0 Å². The molecule has 3 rings (SSSR count). The van der Waals surface area contributed by atoms with Crippen molar-refractivity contribution in [3.8, 4) is 6.07 Å². The topological polar surface area (TPSA) is 27.0 Å². The number of nitriles is 1. The van der Waals surface area contributed by atoms with Gasteiger partial charge in [-0.1, -0.05) is 37.3 Å². The summed E-state index contributed by atoms with van der Waals surface area (Å²) >= 11 is 2.07. The Hall–Kier alpha value is -0.980. The van der Waals surface area contributed by atoms with E-state index >= 15 is 0 Å². The van der Waals surface area contributed by atoms with Crippen LogP contribution in [0.25, 0.3) is 0 Å². The van der Waals surface area contributed by atoms with E-state index in [4.69, 9.17) is 0 Å². The molecule has 2 aliphatic rings. The van der Waals surface area contributed by atoms with Crippen molar-refractivity contribution in [1.82, 2.24) is 4.90 Å². The molecule has 0 aromatic heterocycles. The third kappa shape index (κ3) is 3.44. The molecule has 21 heavy (non-hydrogen) atoms. The fraction of sp³-hybridized carbons (Fsp3) is 0.611. The van der Waals surface area contributed by atoms with Crippen LogP contribution in [-0.4, -0.2) is 35.0 Å². The number of rotatable bonds is 2. The molecular weight excluding hydrogens is 276 g/mol. The van der Waals surface area contributed by atoms with Gasteiger partial charge in [-0.25, -0.2) is 0 Å². The highest BCUT2D eigenvalue weighted by atomic mass is 32.2. The summed E-state index contributed by atoms with van der Waals surface area (Å²) in [5.41, 5.74) is 1.46. The SMILES string of the molecule is CC1CN(C2CC(c3ccccc3)CCC2C#N)CCS1. The molecule has 0 spiro atoms. The normalized spacial score (nSPS) is 34.3. The van der Waals surface area contributed by atoms with E-state index in [1.165, 1.54) is 11.3 Å². The van der Waals surface area contributed by atoms with Crippen LogP contribution in [0, 0.1) is 17.2 Å². The second-order valence-corrected chi connectivity index (χ2v) is 7.95. The van der Waals surface area contributed by atoms with Gasteiger partial charge in [-0.2, -0.15) is 17.0 Å². The fourth-order valence-corrected chi connectivity index (χ4v) is 4.91. The molecule has 4 unspecified atom stereocenters. The van der Waals surface area contributed by atoms with Crippen LogP contribution < -0.4 is 0 Å². The first-order valence-corrected chi connectivity index (χ1v) is 9.13. The van der Waals surface area contributed by atoms with Gasteiger partial charge in [0.2, 0.25) is 0 Å². The molecule has 1 aromatic rings. The third-order valence-electron chi connectivity index (χ3n) is 4.99. The van der Waals surface area contributed by atoms with Gasteiger partial charge in [0.15, 0.2) is 0 Å². The maximum absolute atomic E-state index is 9.53. The Bertz CT molecular complexity index is 496.